The molecule has 0 aromatic rings. The average Bonchev–Trinajstić information content (AvgIpc) is 2.43. The number of nitrogens with zero attached hydrogens (tertiary/aromatic N) is 1. The molecule has 0 aromatic carbocycles. The predicted molar refractivity (Wildman–Crippen MR) is 59.2 cm³/mol. The van der Waals surface area contributed by atoms with Crippen LogP contribution in [0.4, 0.5) is 0 Å². The molecule has 2 unspecified atom stereocenters. The van der Waals surface area contributed by atoms with Gasteiger partial charge in [-0.15, -0.1) is 0 Å². The summed E-state index contributed by atoms with van der Waals surface area (Å²) in [5.41, 5.74) is 0. The fourth-order valence-electron chi connectivity index (χ4n) is 2.41. The van der Waals surface area contributed by atoms with E-state index < -0.39 is 0 Å². The highest BCUT2D eigenvalue weighted by Gasteiger charge is 2.27. The van der Waals surface area contributed by atoms with Crippen LogP contribution >= 0.6 is 0 Å². The van der Waals surface area contributed by atoms with Gasteiger partial charge in [-0.1, -0.05) is 12.8 Å². The number of amides is 1. The molecule has 2 aliphatic rings. The van der Waals surface area contributed by atoms with E-state index in [1.165, 1.54) is 25.7 Å². The molecule has 4 heteroatoms. The van der Waals surface area contributed by atoms with Gasteiger partial charge in [0.1, 0.15) is 6.29 Å². The third-order valence-electron chi connectivity index (χ3n) is 3.24. The van der Waals surface area contributed by atoms with E-state index in [9.17, 15) is 4.79 Å². The van der Waals surface area contributed by atoms with Crippen LogP contribution in [0.25, 0.3) is 0 Å². The van der Waals surface area contributed by atoms with E-state index in [1.807, 2.05) is 0 Å². The summed E-state index contributed by atoms with van der Waals surface area (Å²) in [6.07, 6.45) is 5.83. The third kappa shape index (κ3) is 2.92. The second-order valence-electron chi connectivity index (χ2n) is 4.69. The lowest BCUT2D eigenvalue weighted by atomic mass is 10.2. The zero-order valence-corrected chi connectivity index (χ0v) is 9.46. The van der Waals surface area contributed by atoms with Crippen LogP contribution in [0.15, 0.2) is 0 Å². The molecule has 0 aliphatic carbocycles. The Morgan fingerprint density at radius 1 is 1.20 bits per heavy atom. The molecule has 1 amide bonds. The van der Waals surface area contributed by atoms with Crippen LogP contribution in [-0.2, 0) is 4.79 Å². The van der Waals surface area contributed by atoms with E-state index >= 15 is 0 Å². The zero-order chi connectivity index (χ0) is 10.7. The van der Waals surface area contributed by atoms with Crippen LogP contribution in [0, 0.1) is 0 Å². The van der Waals surface area contributed by atoms with Gasteiger partial charge >= 0.3 is 0 Å². The van der Waals surface area contributed by atoms with Crippen molar-refractivity contribution in [2.75, 3.05) is 13.1 Å². The SMILES string of the molecule is CC1CC(=O)NC(N2CCCCCC2)N1. The molecule has 2 atom stereocenters. The molecule has 86 valence electrons. The van der Waals surface area contributed by atoms with E-state index in [0.717, 1.165) is 13.1 Å². The molecule has 2 N–H and O–H groups in total. The van der Waals surface area contributed by atoms with Gasteiger partial charge in [-0.3, -0.25) is 15.0 Å². The molecule has 2 saturated heterocycles. The van der Waals surface area contributed by atoms with E-state index in [-0.39, 0.29) is 12.2 Å². The number of hydrogen-bond donors (Lipinski definition) is 2. The molecule has 2 aliphatic heterocycles. The van der Waals surface area contributed by atoms with Crippen LogP contribution in [-0.4, -0.2) is 36.2 Å². The van der Waals surface area contributed by atoms with Gasteiger partial charge in [-0.2, -0.15) is 0 Å². The Morgan fingerprint density at radius 2 is 1.87 bits per heavy atom. The van der Waals surface area contributed by atoms with Gasteiger partial charge in [0.05, 0.1) is 0 Å². The average molecular weight is 211 g/mol. The minimum atomic E-state index is 0.0688. The van der Waals surface area contributed by atoms with Crippen LogP contribution in [0.5, 0.6) is 0 Å². The second-order valence-corrected chi connectivity index (χ2v) is 4.69. The quantitative estimate of drug-likeness (QED) is 0.669. The summed E-state index contributed by atoms with van der Waals surface area (Å²) in [6, 6.07) is 0.298. The highest BCUT2D eigenvalue weighted by molar-refractivity contribution is 5.77. The zero-order valence-electron chi connectivity index (χ0n) is 9.46. The van der Waals surface area contributed by atoms with Crippen molar-refractivity contribution in [1.29, 1.82) is 0 Å². The number of rotatable bonds is 1. The van der Waals surface area contributed by atoms with Gasteiger partial charge < -0.3 is 5.32 Å². The van der Waals surface area contributed by atoms with Crippen molar-refractivity contribution in [2.45, 2.75) is 51.4 Å². The molecule has 0 saturated carbocycles. The van der Waals surface area contributed by atoms with E-state index in [4.69, 9.17) is 0 Å². The molecule has 0 radical (unpaired) electrons. The lowest BCUT2D eigenvalue weighted by molar-refractivity contribution is -0.126. The van der Waals surface area contributed by atoms with Crippen molar-refractivity contribution in [3.8, 4) is 0 Å². The second kappa shape index (κ2) is 4.94. The lowest BCUT2D eigenvalue weighted by Gasteiger charge is -2.37. The molecule has 4 nitrogen and oxygen atoms in total. The van der Waals surface area contributed by atoms with Crippen molar-refractivity contribution in [1.82, 2.24) is 15.5 Å². The Labute approximate surface area is 91.4 Å². The summed E-state index contributed by atoms with van der Waals surface area (Å²) in [6.45, 7) is 4.28. The number of carbonyl (C=O) groups excluding carboxylic acids is 1. The Kier molecular flexibility index (Phi) is 3.59. The molecule has 15 heavy (non-hydrogen) atoms. The number of carbonyl (C=O) groups is 1. The highest BCUT2D eigenvalue weighted by atomic mass is 16.2. The minimum absolute atomic E-state index is 0.0688. The Morgan fingerprint density at radius 3 is 2.47 bits per heavy atom. The van der Waals surface area contributed by atoms with Crippen molar-refractivity contribution < 1.29 is 4.79 Å². The summed E-state index contributed by atoms with van der Waals surface area (Å²) < 4.78 is 0. The summed E-state index contributed by atoms with van der Waals surface area (Å²) in [5, 5.41) is 6.46. The normalized spacial score (nSPS) is 34.6. The standard InChI is InChI=1S/C11H21N3O/c1-9-8-10(15)13-11(12-9)14-6-4-2-3-5-7-14/h9,11-12H,2-8H2,1H3,(H,13,15). The van der Waals surface area contributed by atoms with Crippen molar-refractivity contribution in [2.24, 2.45) is 0 Å². The smallest absolute Gasteiger partial charge is 0.223 e. The maximum absolute atomic E-state index is 11.4. The highest BCUT2D eigenvalue weighted by Crippen LogP contribution is 2.12. The van der Waals surface area contributed by atoms with Crippen LogP contribution in [0.3, 0.4) is 0 Å². The summed E-state index contributed by atoms with van der Waals surface area (Å²) in [4.78, 5) is 13.8. The van der Waals surface area contributed by atoms with Gasteiger partial charge in [0.25, 0.3) is 0 Å². The lowest BCUT2D eigenvalue weighted by Crippen LogP contribution is -2.63. The first-order chi connectivity index (χ1) is 7.25. The van der Waals surface area contributed by atoms with Gasteiger partial charge in [0.15, 0.2) is 0 Å². The summed E-state index contributed by atoms with van der Waals surface area (Å²) in [5.74, 6) is 0.176. The first-order valence-corrected chi connectivity index (χ1v) is 6.05. The molecular formula is C11H21N3O. The number of nitrogens with one attached hydrogen (secondary N) is 2. The topological polar surface area (TPSA) is 44.4 Å². The van der Waals surface area contributed by atoms with Crippen LogP contribution < -0.4 is 10.6 Å². The number of hydrogen-bond acceptors (Lipinski definition) is 3. The molecule has 2 heterocycles. The van der Waals surface area contributed by atoms with E-state index in [0.29, 0.717) is 12.5 Å². The maximum Gasteiger partial charge on any atom is 0.223 e. The van der Waals surface area contributed by atoms with E-state index in [2.05, 4.69) is 22.5 Å². The first-order valence-electron chi connectivity index (χ1n) is 6.05. The largest absolute Gasteiger partial charge is 0.328 e. The number of likely N-dealkylation sites (tertiary alicyclic amines) is 1. The fourth-order valence-corrected chi connectivity index (χ4v) is 2.41. The summed E-state index contributed by atoms with van der Waals surface area (Å²) in [7, 11) is 0. The first kappa shape index (κ1) is 10.9. The molecular weight excluding hydrogens is 190 g/mol. The van der Waals surface area contributed by atoms with Crippen LogP contribution in [0.2, 0.25) is 0 Å². The van der Waals surface area contributed by atoms with Crippen molar-refractivity contribution in [3.63, 3.8) is 0 Å². The Bertz CT molecular complexity index is 224. The Hall–Kier alpha value is -0.610. The monoisotopic (exact) mass is 211 g/mol. The van der Waals surface area contributed by atoms with Gasteiger partial charge in [0, 0.05) is 25.6 Å². The summed E-state index contributed by atoms with van der Waals surface area (Å²) >= 11 is 0. The molecule has 2 rings (SSSR count). The molecule has 2 fully saturated rings. The Balaban J connectivity index is 1.92. The molecule has 0 aromatic heterocycles. The van der Waals surface area contributed by atoms with Crippen LogP contribution in [0.1, 0.15) is 39.0 Å². The predicted octanol–water partition coefficient (Wildman–Crippen LogP) is 0.644. The third-order valence-corrected chi connectivity index (χ3v) is 3.24. The minimum Gasteiger partial charge on any atom is -0.328 e. The van der Waals surface area contributed by atoms with Crippen molar-refractivity contribution in [3.05, 3.63) is 0 Å². The molecule has 0 bridgehead atoms. The molecule has 0 spiro atoms. The fraction of sp³-hybridized carbons (Fsp3) is 0.909. The van der Waals surface area contributed by atoms with Gasteiger partial charge in [0.2, 0.25) is 5.91 Å². The van der Waals surface area contributed by atoms with Gasteiger partial charge in [-0.25, -0.2) is 0 Å². The van der Waals surface area contributed by atoms with Gasteiger partial charge in [-0.05, 0) is 19.8 Å². The maximum atomic E-state index is 11.4. The van der Waals surface area contributed by atoms with Crippen molar-refractivity contribution >= 4 is 5.91 Å². The van der Waals surface area contributed by atoms with E-state index in [1.54, 1.807) is 0 Å².